The molecular weight excluding hydrogens is 308 g/mol. The van der Waals surface area contributed by atoms with Gasteiger partial charge in [-0.25, -0.2) is 0 Å². The average molecular weight is 329 g/mol. The van der Waals surface area contributed by atoms with Gasteiger partial charge in [-0.05, 0) is 26.1 Å². The van der Waals surface area contributed by atoms with Crippen molar-refractivity contribution in [1.82, 2.24) is 10.2 Å². The van der Waals surface area contributed by atoms with Crippen molar-refractivity contribution in [1.29, 1.82) is 0 Å². The zero-order valence-electron chi connectivity index (χ0n) is 12.3. The van der Waals surface area contributed by atoms with Crippen LogP contribution in [-0.2, 0) is 9.53 Å². The second-order valence-electron chi connectivity index (χ2n) is 5.19. The summed E-state index contributed by atoms with van der Waals surface area (Å²) in [5.74, 6) is 0.0109. The van der Waals surface area contributed by atoms with Crippen molar-refractivity contribution in [3.8, 4) is 0 Å². The predicted octanol–water partition coefficient (Wildman–Crippen LogP) is 2.27. The topological polar surface area (TPSA) is 41.6 Å². The number of carbonyl (C=O) groups is 1. The number of halogens is 1. The summed E-state index contributed by atoms with van der Waals surface area (Å²) in [6, 6.07) is 7.56. The monoisotopic (exact) mass is 328 g/mol. The largest absolute Gasteiger partial charge is 0.374 e. The Morgan fingerprint density at radius 3 is 3.05 bits per heavy atom. The fourth-order valence-corrected chi connectivity index (χ4v) is 3.31. The van der Waals surface area contributed by atoms with Gasteiger partial charge in [-0.15, -0.1) is 11.8 Å². The second-order valence-corrected chi connectivity index (χ2v) is 6.98. The number of hydrogen-bond donors (Lipinski definition) is 1. The van der Waals surface area contributed by atoms with E-state index in [1.54, 1.807) is 0 Å². The summed E-state index contributed by atoms with van der Waals surface area (Å²) in [6.45, 7) is 4.96. The van der Waals surface area contributed by atoms with Crippen LogP contribution in [0.5, 0.6) is 0 Å². The van der Waals surface area contributed by atoms with Crippen LogP contribution in [0.3, 0.4) is 0 Å². The van der Waals surface area contributed by atoms with Crippen LogP contribution in [0.25, 0.3) is 0 Å². The van der Waals surface area contributed by atoms with Gasteiger partial charge in [0.25, 0.3) is 0 Å². The van der Waals surface area contributed by atoms with E-state index in [1.807, 2.05) is 31.2 Å². The number of carbonyl (C=O) groups excluding carboxylic acids is 1. The minimum atomic E-state index is -0.189. The van der Waals surface area contributed by atoms with Crippen molar-refractivity contribution in [2.45, 2.75) is 23.2 Å². The van der Waals surface area contributed by atoms with Crippen LogP contribution in [0.2, 0.25) is 5.02 Å². The molecule has 1 N–H and O–H groups in total. The fourth-order valence-electron chi connectivity index (χ4n) is 2.13. The van der Waals surface area contributed by atoms with E-state index in [9.17, 15) is 4.79 Å². The van der Waals surface area contributed by atoms with E-state index in [1.165, 1.54) is 11.8 Å². The highest BCUT2D eigenvalue weighted by Gasteiger charge is 2.20. The highest BCUT2D eigenvalue weighted by Crippen LogP contribution is 2.29. The van der Waals surface area contributed by atoms with Gasteiger partial charge in [-0.1, -0.05) is 23.7 Å². The lowest BCUT2D eigenvalue weighted by atomic mass is 10.3. The van der Waals surface area contributed by atoms with E-state index in [0.29, 0.717) is 11.6 Å². The van der Waals surface area contributed by atoms with E-state index in [2.05, 4.69) is 17.3 Å². The van der Waals surface area contributed by atoms with E-state index in [-0.39, 0.29) is 17.3 Å². The van der Waals surface area contributed by atoms with Crippen molar-refractivity contribution in [2.24, 2.45) is 0 Å². The molecule has 0 unspecified atom stereocenters. The molecule has 1 aromatic carbocycles. The number of nitrogens with one attached hydrogen (secondary N) is 1. The van der Waals surface area contributed by atoms with Crippen LogP contribution < -0.4 is 5.32 Å². The normalized spacial score (nSPS) is 21.0. The highest BCUT2D eigenvalue weighted by atomic mass is 35.5. The maximum absolute atomic E-state index is 12.1. The van der Waals surface area contributed by atoms with Gasteiger partial charge in [-0.3, -0.25) is 4.79 Å². The molecule has 0 bridgehead atoms. The van der Waals surface area contributed by atoms with Gasteiger partial charge in [-0.2, -0.15) is 0 Å². The molecular formula is C15H21ClN2O2S. The summed E-state index contributed by atoms with van der Waals surface area (Å²) in [7, 11) is 2.06. The van der Waals surface area contributed by atoms with Crippen molar-refractivity contribution in [3.63, 3.8) is 0 Å². The maximum Gasteiger partial charge on any atom is 0.233 e. The van der Waals surface area contributed by atoms with E-state index in [0.717, 1.165) is 24.6 Å². The number of amides is 1. The Hall–Kier alpha value is -0.750. The van der Waals surface area contributed by atoms with Crippen molar-refractivity contribution < 1.29 is 9.53 Å². The quantitative estimate of drug-likeness (QED) is 0.842. The summed E-state index contributed by atoms with van der Waals surface area (Å²) in [5.41, 5.74) is 0. The molecule has 116 valence electrons. The van der Waals surface area contributed by atoms with Gasteiger partial charge in [0.2, 0.25) is 5.91 Å². The van der Waals surface area contributed by atoms with Crippen molar-refractivity contribution >= 4 is 29.3 Å². The molecule has 0 spiro atoms. The molecule has 1 aliphatic heterocycles. The second kappa shape index (κ2) is 8.03. The van der Waals surface area contributed by atoms with Gasteiger partial charge in [0.1, 0.15) is 0 Å². The third kappa shape index (κ3) is 5.18. The molecule has 21 heavy (non-hydrogen) atoms. The Morgan fingerprint density at radius 2 is 2.33 bits per heavy atom. The molecule has 4 nitrogen and oxygen atoms in total. The summed E-state index contributed by atoms with van der Waals surface area (Å²) in [6.07, 6.45) is 0.0743. The molecule has 1 heterocycles. The molecule has 1 aromatic rings. The lowest BCUT2D eigenvalue weighted by Crippen LogP contribution is -2.47. The first kappa shape index (κ1) is 16.6. The lowest BCUT2D eigenvalue weighted by molar-refractivity contribution is -0.121. The van der Waals surface area contributed by atoms with E-state index in [4.69, 9.17) is 16.3 Å². The zero-order chi connectivity index (χ0) is 15.2. The molecule has 6 heteroatoms. The van der Waals surface area contributed by atoms with Crippen molar-refractivity contribution in [3.05, 3.63) is 29.3 Å². The minimum absolute atomic E-state index is 0.0109. The molecule has 2 rings (SSSR count). The van der Waals surface area contributed by atoms with Gasteiger partial charge < -0.3 is 15.0 Å². The summed E-state index contributed by atoms with van der Waals surface area (Å²) in [4.78, 5) is 15.3. The molecule has 0 radical (unpaired) electrons. The van der Waals surface area contributed by atoms with Crippen molar-refractivity contribution in [2.75, 3.05) is 33.3 Å². The maximum atomic E-state index is 12.1. The first-order valence-corrected chi connectivity index (χ1v) is 8.31. The average Bonchev–Trinajstić information content (AvgIpc) is 2.47. The molecule has 0 saturated carbocycles. The number of likely N-dealkylation sites (N-methyl/N-ethyl adjacent to an activating group) is 1. The standard InChI is InChI=1S/C15H21ClN2O2S/c1-11(21-14-6-4-3-5-13(14)16)15(19)17-9-12-10-18(2)7-8-20-12/h3-6,11-12H,7-10H2,1-2H3,(H,17,19)/t11-,12+/m0/s1. The highest BCUT2D eigenvalue weighted by molar-refractivity contribution is 8.00. The van der Waals surface area contributed by atoms with Crippen LogP contribution in [0.4, 0.5) is 0 Å². The molecule has 1 saturated heterocycles. The van der Waals surface area contributed by atoms with Gasteiger partial charge in [0, 0.05) is 24.5 Å². The SMILES string of the molecule is C[C@H](Sc1ccccc1Cl)C(=O)NC[C@@H]1CN(C)CCO1. The third-order valence-corrected chi connectivity index (χ3v) is 4.97. The minimum Gasteiger partial charge on any atom is -0.374 e. The zero-order valence-corrected chi connectivity index (χ0v) is 13.9. The van der Waals surface area contributed by atoms with Crippen LogP contribution >= 0.6 is 23.4 Å². The Kier molecular flexibility index (Phi) is 6.36. The molecule has 0 aromatic heterocycles. The van der Waals surface area contributed by atoms with Crippen LogP contribution in [0.1, 0.15) is 6.92 Å². The number of thioether (sulfide) groups is 1. The smallest absolute Gasteiger partial charge is 0.233 e. The molecule has 2 atom stereocenters. The van der Waals surface area contributed by atoms with Crippen LogP contribution in [0.15, 0.2) is 29.2 Å². The molecule has 0 aliphatic carbocycles. The van der Waals surface area contributed by atoms with E-state index >= 15 is 0 Å². The number of morpholine rings is 1. The Labute approximate surface area is 135 Å². The number of nitrogens with zero attached hydrogens (tertiary/aromatic N) is 1. The van der Waals surface area contributed by atoms with Gasteiger partial charge >= 0.3 is 0 Å². The number of hydrogen-bond acceptors (Lipinski definition) is 4. The predicted molar refractivity (Wildman–Crippen MR) is 87.0 cm³/mol. The molecule has 1 aliphatic rings. The third-order valence-electron chi connectivity index (χ3n) is 3.36. The summed E-state index contributed by atoms with van der Waals surface area (Å²) >= 11 is 7.58. The fraction of sp³-hybridized carbons (Fsp3) is 0.533. The van der Waals surface area contributed by atoms with Crippen LogP contribution in [0, 0.1) is 0 Å². The lowest BCUT2D eigenvalue weighted by Gasteiger charge is -2.30. The first-order valence-electron chi connectivity index (χ1n) is 7.05. The summed E-state index contributed by atoms with van der Waals surface area (Å²) in [5, 5.41) is 3.45. The van der Waals surface area contributed by atoms with Crippen LogP contribution in [-0.4, -0.2) is 55.4 Å². The summed E-state index contributed by atoms with van der Waals surface area (Å²) < 4.78 is 5.63. The van der Waals surface area contributed by atoms with Gasteiger partial charge in [0.15, 0.2) is 0 Å². The number of rotatable bonds is 5. The molecule has 1 fully saturated rings. The first-order chi connectivity index (χ1) is 10.1. The Morgan fingerprint density at radius 1 is 1.57 bits per heavy atom. The Bertz CT molecular complexity index is 486. The number of benzene rings is 1. The number of ether oxygens (including phenoxy) is 1. The van der Waals surface area contributed by atoms with E-state index < -0.39 is 0 Å². The molecule has 1 amide bonds. The Balaban J connectivity index is 1.78. The van der Waals surface area contributed by atoms with Gasteiger partial charge in [0.05, 0.1) is 23.0 Å².